The lowest BCUT2D eigenvalue weighted by atomic mass is 9.96. The third kappa shape index (κ3) is 3.25. The number of nitrogens with zero attached hydrogens (tertiary/aromatic N) is 1. The van der Waals surface area contributed by atoms with E-state index < -0.39 is 0 Å². The van der Waals surface area contributed by atoms with Crippen molar-refractivity contribution in [3.05, 3.63) is 107 Å². The smallest absolute Gasteiger partial charge is 0.0705 e. The Bertz CT molecular complexity index is 1230. The number of nitrogens with one attached hydrogen (secondary N) is 1. The van der Waals surface area contributed by atoms with Crippen molar-refractivity contribution in [2.75, 3.05) is 17.2 Å². The number of anilines is 2. The summed E-state index contributed by atoms with van der Waals surface area (Å²) in [7, 11) is 0. The largest absolute Gasteiger partial charge is 0.398 e. The Labute approximate surface area is 170 Å². The van der Waals surface area contributed by atoms with Crippen LogP contribution in [-0.4, -0.2) is 12.3 Å². The predicted octanol–water partition coefficient (Wildman–Crippen LogP) is 5.40. The zero-order valence-corrected chi connectivity index (χ0v) is 16.2. The van der Waals surface area contributed by atoms with Gasteiger partial charge in [-0.2, -0.15) is 0 Å². The fraction of sp³-hybridized carbons (Fsp3) is 0.115. The van der Waals surface area contributed by atoms with Crippen LogP contribution >= 0.6 is 0 Å². The summed E-state index contributed by atoms with van der Waals surface area (Å²) in [6.07, 6.45) is 1.09. The summed E-state index contributed by atoms with van der Waals surface area (Å²) < 4.78 is 0. The van der Waals surface area contributed by atoms with Gasteiger partial charge in [0.05, 0.1) is 5.71 Å². The van der Waals surface area contributed by atoms with E-state index in [1.807, 2.05) is 24.3 Å². The Morgan fingerprint density at radius 1 is 0.862 bits per heavy atom. The van der Waals surface area contributed by atoms with Crippen molar-refractivity contribution in [1.82, 2.24) is 0 Å². The van der Waals surface area contributed by atoms with Crippen LogP contribution in [0.2, 0.25) is 0 Å². The molecule has 3 N–H and O–H groups in total. The average Bonchev–Trinajstić information content (AvgIpc) is 3.17. The van der Waals surface area contributed by atoms with Gasteiger partial charge in [-0.15, -0.1) is 0 Å². The summed E-state index contributed by atoms with van der Waals surface area (Å²) in [5.41, 5.74) is 13.0. The first-order valence-electron chi connectivity index (χ1n) is 9.98. The molecule has 0 spiro atoms. The van der Waals surface area contributed by atoms with E-state index in [9.17, 15) is 0 Å². The quantitative estimate of drug-likeness (QED) is 0.369. The maximum atomic E-state index is 8.79. The highest BCUT2D eigenvalue weighted by molar-refractivity contribution is 6.15. The Morgan fingerprint density at radius 2 is 1.66 bits per heavy atom. The average molecular weight is 377 g/mol. The zero-order valence-electron chi connectivity index (χ0n) is 16.2. The van der Waals surface area contributed by atoms with E-state index in [0.29, 0.717) is 11.4 Å². The van der Waals surface area contributed by atoms with Gasteiger partial charge in [-0.3, -0.25) is 5.41 Å². The van der Waals surface area contributed by atoms with Crippen LogP contribution in [0, 0.1) is 5.41 Å². The van der Waals surface area contributed by atoms with Gasteiger partial charge in [-0.25, -0.2) is 0 Å². The van der Waals surface area contributed by atoms with Gasteiger partial charge in [0.25, 0.3) is 0 Å². The highest BCUT2D eigenvalue weighted by atomic mass is 15.1. The third-order valence-corrected chi connectivity index (χ3v) is 5.78. The van der Waals surface area contributed by atoms with Gasteiger partial charge in [0.2, 0.25) is 0 Å². The van der Waals surface area contributed by atoms with Crippen molar-refractivity contribution in [3.63, 3.8) is 0 Å². The van der Waals surface area contributed by atoms with Gasteiger partial charge in [0.1, 0.15) is 0 Å². The summed E-state index contributed by atoms with van der Waals surface area (Å²) >= 11 is 0. The molecule has 1 heterocycles. The minimum Gasteiger partial charge on any atom is -0.398 e. The van der Waals surface area contributed by atoms with Gasteiger partial charge in [0, 0.05) is 35.6 Å². The van der Waals surface area contributed by atoms with Crippen molar-refractivity contribution in [2.24, 2.45) is 0 Å². The second-order valence-corrected chi connectivity index (χ2v) is 7.66. The Morgan fingerprint density at radius 3 is 2.55 bits per heavy atom. The second-order valence-electron chi connectivity index (χ2n) is 7.66. The minimum atomic E-state index is 0.469. The molecule has 4 aromatic rings. The van der Waals surface area contributed by atoms with Crippen LogP contribution in [0.3, 0.4) is 0 Å². The molecule has 29 heavy (non-hydrogen) atoms. The monoisotopic (exact) mass is 377 g/mol. The molecule has 0 amide bonds. The topological polar surface area (TPSA) is 53.1 Å². The normalized spacial score (nSPS) is 12.9. The molecule has 0 fully saturated rings. The lowest BCUT2D eigenvalue weighted by molar-refractivity contribution is 0.836. The standard InChI is InChI=1S/C26H23N3/c27-24-12-9-18(17-29-14-13-20-6-3-4-8-25(20)29)15-23(24)26(28)22-11-10-19-5-1-2-7-21(19)16-22/h1-12,15-16,28H,13-14,17,27H2. The highest BCUT2D eigenvalue weighted by Gasteiger charge is 2.19. The molecule has 4 aromatic carbocycles. The van der Waals surface area contributed by atoms with Gasteiger partial charge >= 0.3 is 0 Å². The van der Waals surface area contributed by atoms with Gasteiger partial charge in [-0.05, 0) is 52.6 Å². The molecular formula is C26H23N3. The van der Waals surface area contributed by atoms with Crippen LogP contribution in [0.15, 0.2) is 84.9 Å². The maximum absolute atomic E-state index is 8.79. The maximum Gasteiger partial charge on any atom is 0.0705 e. The van der Waals surface area contributed by atoms with Crippen LogP contribution in [0.25, 0.3) is 10.8 Å². The molecule has 1 aliphatic heterocycles. The van der Waals surface area contributed by atoms with E-state index in [1.54, 1.807) is 0 Å². The zero-order chi connectivity index (χ0) is 19.8. The minimum absolute atomic E-state index is 0.469. The van der Waals surface area contributed by atoms with E-state index in [1.165, 1.54) is 22.2 Å². The van der Waals surface area contributed by atoms with E-state index in [0.717, 1.165) is 36.0 Å². The van der Waals surface area contributed by atoms with Crippen molar-refractivity contribution >= 4 is 27.9 Å². The molecule has 0 saturated carbocycles. The van der Waals surface area contributed by atoms with Gasteiger partial charge in [0.15, 0.2) is 0 Å². The van der Waals surface area contributed by atoms with E-state index >= 15 is 0 Å². The first-order chi connectivity index (χ1) is 14.2. The molecular weight excluding hydrogens is 354 g/mol. The van der Waals surface area contributed by atoms with Crippen molar-refractivity contribution in [1.29, 1.82) is 5.41 Å². The van der Waals surface area contributed by atoms with Crippen molar-refractivity contribution in [2.45, 2.75) is 13.0 Å². The molecule has 0 aliphatic carbocycles. The van der Waals surface area contributed by atoms with Crippen LogP contribution in [0.1, 0.15) is 22.3 Å². The van der Waals surface area contributed by atoms with Gasteiger partial charge < -0.3 is 10.6 Å². The summed E-state index contributed by atoms with van der Waals surface area (Å²) in [5.74, 6) is 0. The molecule has 0 aromatic heterocycles. The number of nitrogen functional groups attached to an aromatic ring is 1. The van der Waals surface area contributed by atoms with E-state index in [-0.39, 0.29) is 0 Å². The van der Waals surface area contributed by atoms with E-state index in [4.69, 9.17) is 11.1 Å². The molecule has 5 rings (SSSR count). The number of para-hydroxylation sites is 1. The fourth-order valence-electron chi connectivity index (χ4n) is 4.21. The summed E-state index contributed by atoms with van der Waals surface area (Å²) in [4.78, 5) is 2.41. The summed E-state index contributed by atoms with van der Waals surface area (Å²) in [5, 5.41) is 11.1. The molecule has 0 radical (unpaired) electrons. The van der Waals surface area contributed by atoms with Gasteiger partial charge in [-0.1, -0.05) is 60.7 Å². The number of fused-ring (bicyclic) bond motifs is 2. The van der Waals surface area contributed by atoms with Crippen LogP contribution < -0.4 is 10.6 Å². The predicted molar refractivity (Wildman–Crippen MR) is 122 cm³/mol. The number of nitrogens with two attached hydrogens (primary N) is 1. The molecule has 3 heteroatoms. The van der Waals surface area contributed by atoms with Crippen LogP contribution in [0.4, 0.5) is 11.4 Å². The fourth-order valence-corrected chi connectivity index (χ4v) is 4.21. The molecule has 142 valence electrons. The molecule has 0 atom stereocenters. The third-order valence-electron chi connectivity index (χ3n) is 5.78. The van der Waals surface area contributed by atoms with E-state index in [2.05, 4.69) is 65.6 Å². The number of hydrogen-bond donors (Lipinski definition) is 2. The number of rotatable bonds is 4. The van der Waals surface area contributed by atoms with Crippen molar-refractivity contribution < 1.29 is 0 Å². The lowest BCUT2D eigenvalue weighted by Crippen LogP contribution is -2.20. The van der Waals surface area contributed by atoms with Crippen molar-refractivity contribution in [3.8, 4) is 0 Å². The SMILES string of the molecule is N=C(c1ccc2ccccc2c1)c1cc(CN2CCc3ccccc32)ccc1N. The highest BCUT2D eigenvalue weighted by Crippen LogP contribution is 2.30. The Kier molecular flexibility index (Phi) is 4.28. The first kappa shape index (κ1) is 17.5. The molecule has 0 bridgehead atoms. The Balaban J connectivity index is 1.45. The number of benzene rings is 4. The molecule has 3 nitrogen and oxygen atoms in total. The summed E-state index contributed by atoms with van der Waals surface area (Å²) in [6.45, 7) is 1.86. The number of hydrogen-bond acceptors (Lipinski definition) is 3. The first-order valence-corrected chi connectivity index (χ1v) is 9.98. The molecule has 0 unspecified atom stereocenters. The molecule has 1 aliphatic rings. The van der Waals surface area contributed by atoms with Crippen LogP contribution in [0.5, 0.6) is 0 Å². The van der Waals surface area contributed by atoms with Crippen LogP contribution in [-0.2, 0) is 13.0 Å². The lowest BCUT2D eigenvalue weighted by Gasteiger charge is -2.20. The summed E-state index contributed by atoms with van der Waals surface area (Å²) in [6, 6.07) is 29.1. The Hall–Kier alpha value is -3.59. The molecule has 0 saturated heterocycles. The second kappa shape index (κ2) is 7.10.